The van der Waals surface area contributed by atoms with E-state index in [0.29, 0.717) is 37.7 Å². The number of fused-ring (bicyclic) bond motifs is 1. The molecule has 1 aromatic carbocycles. The minimum Gasteiger partial charge on any atom is -0.493 e. The lowest BCUT2D eigenvalue weighted by Gasteiger charge is -2.57. The summed E-state index contributed by atoms with van der Waals surface area (Å²) < 4.78 is 5.97. The lowest BCUT2D eigenvalue weighted by molar-refractivity contribution is -0.187. The molecule has 0 spiro atoms. The van der Waals surface area contributed by atoms with Crippen molar-refractivity contribution in [1.29, 1.82) is 0 Å². The van der Waals surface area contributed by atoms with Gasteiger partial charge in [0.1, 0.15) is 11.5 Å². The highest BCUT2D eigenvalue weighted by Gasteiger charge is 2.56. The van der Waals surface area contributed by atoms with Crippen LogP contribution in [0, 0.1) is 5.92 Å². The Kier molecular flexibility index (Phi) is 3.69. The van der Waals surface area contributed by atoms with E-state index in [-0.39, 0.29) is 11.5 Å². The van der Waals surface area contributed by atoms with Crippen LogP contribution in [-0.4, -0.2) is 35.2 Å². The molecular formula is C19H25NO3. The number of Topliss-reactive ketones (excluding diaryl/α,β-unsaturated/α-hetero) is 1. The van der Waals surface area contributed by atoms with Gasteiger partial charge in [0.15, 0.2) is 0 Å². The minimum atomic E-state index is -0.0849. The molecule has 3 atom stereocenters. The number of benzene rings is 1. The summed E-state index contributed by atoms with van der Waals surface area (Å²) in [7, 11) is 0. The Morgan fingerprint density at radius 1 is 1.43 bits per heavy atom. The highest BCUT2D eigenvalue weighted by molar-refractivity contribution is 5.81. The van der Waals surface area contributed by atoms with Crippen molar-refractivity contribution in [3.8, 4) is 5.75 Å². The van der Waals surface area contributed by atoms with E-state index in [4.69, 9.17) is 4.74 Å². The summed E-state index contributed by atoms with van der Waals surface area (Å²) >= 11 is 0. The Morgan fingerprint density at radius 2 is 2.30 bits per heavy atom. The summed E-state index contributed by atoms with van der Waals surface area (Å²) in [5.74, 6) is 1.70. The monoisotopic (exact) mass is 315 g/mol. The number of piperidine rings is 1. The minimum absolute atomic E-state index is 0.0849. The van der Waals surface area contributed by atoms with Gasteiger partial charge in [0.2, 0.25) is 0 Å². The van der Waals surface area contributed by atoms with Crippen LogP contribution in [0.5, 0.6) is 5.75 Å². The zero-order chi connectivity index (χ0) is 16.0. The summed E-state index contributed by atoms with van der Waals surface area (Å²) in [5, 5.41) is 11.9. The predicted octanol–water partition coefficient (Wildman–Crippen LogP) is 3.10. The predicted molar refractivity (Wildman–Crippen MR) is 86.9 cm³/mol. The van der Waals surface area contributed by atoms with E-state index in [1.54, 1.807) is 0 Å². The molecule has 4 nitrogen and oxygen atoms in total. The number of hydrogen-bond donors (Lipinski definition) is 1. The van der Waals surface area contributed by atoms with E-state index in [0.717, 1.165) is 31.4 Å². The molecule has 2 bridgehead atoms. The van der Waals surface area contributed by atoms with Gasteiger partial charge < -0.3 is 9.94 Å². The van der Waals surface area contributed by atoms with Gasteiger partial charge >= 0.3 is 0 Å². The third-order valence-electron chi connectivity index (χ3n) is 6.14. The van der Waals surface area contributed by atoms with Gasteiger partial charge in [-0.05, 0) is 48.8 Å². The fourth-order valence-corrected chi connectivity index (χ4v) is 5.16. The van der Waals surface area contributed by atoms with Gasteiger partial charge in [0, 0.05) is 30.8 Å². The standard InChI is InChI=1S/C19H25NO3/c1-2-10-23-18-5-3-4-15-14(18)11-17-16-7-6-13(21)12-19(15,16)8-9-20(17)22/h3-5,16-17,22H,2,6-12H2,1H3/t16-,17+,19+/m0/s1. The average molecular weight is 315 g/mol. The molecule has 2 aliphatic carbocycles. The molecule has 1 heterocycles. The molecule has 0 amide bonds. The van der Waals surface area contributed by atoms with Crippen LogP contribution >= 0.6 is 0 Å². The van der Waals surface area contributed by atoms with Crippen LogP contribution in [0.2, 0.25) is 0 Å². The molecule has 1 aliphatic heterocycles. The van der Waals surface area contributed by atoms with Gasteiger partial charge in [0.05, 0.1) is 6.61 Å². The normalized spacial score (nSPS) is 33.0. The van der Waals surface area contributed by atoms with Crippen molar-refractivity contribution < 1.29 is 14.7 Å². The second kappa shape index (κ2) is 5.60. The molecule has 23 heavy (non-hydrogen) atoms. The van der Waals surface area contributed by atoms with Gasteiger partial charge in [-0.15, -0.1) is 0 Å². The van der Waals surface area contributed by atoms with Crippen LogP contribution in [-0.2, 0) is 16.6 Å². The van der Waals surface area contributed by atoms with Crippen molar-refractivity contribution in [2.45, 2.75) is 56.9 Å². The SMILES string of the molecule is CCCOc1cccc2c1C[C@@H]1[C@@H]3CCC(=O)C[C@]23CCN1O. The first-order valence-corrected chi connectivity index (χ1v) is 8.88. The van der Waals surface area contributed by atoms with Gasteiger partial charge in [0.25, 0.3) is 0 Å². The number of hydrogen-bond acceptors (Lipinski definition) is 4. The summed E-state index contributed by atoms with van der Waals surface area (Å²) in [6, 6.07) is 6.42. The van der Waals surface area contributed by atoms with Crippen molar-refractivity contribution in [2.75, 3.05) is 13.2 Å². The zero-order valence-electron chi connectivity index (χ0n) is 13.8. The van der Waals surface area contributed by atoms with E-state index >= 15 is 0 Å². The summed E-state index contributed by atoms with van der Waals surface area (Å²) in [4.78, 5) is 12.3. The third kappa shape index (κ3) is 2.23. The number of carbonyl (C=O) groups is 1. The number of carbonyl (C=O) groups excluding carboxylic acids is 1. The Hall–Kier alpha value is -1.39. The lowest BCUT2D eigenvalue weighted by atomic mass is 9.52. The van der Waals surface area contributed by atoms with Crippen LogP contribution in [0.3, 0.4) is 0 Å². The molecule has 1 aromatic rings. The lowest BCUT2D eigenvalue weighted by Crippen LogP contribution is -2.61. The Balaban J connectivity index is 1.83. The number of ether oxygens (including phenoxy) is 1. The summed E-state index contributed by atoms with van der Waals surface area (Å²) in [6.07, 6.45) is 4.86. The van der Waals surface area contributed by atoms with Crippen LogP contribution in [0.4, 0.5) is 0 Å². The molecule has 1 N–H and O–H groups in total. The number of ketones is 1. The molecule has 0 aromatic heterocycles. The van der Waals surface area contributed by atoms with Crippen LogP contribution in [0.25, 0.3) is 0 Å². The smallest absolute Gasteiger partial charge is 0.133 e. The first-order valence-electron chi connectivity index (χ1n) is 8.88. The summed E-state index contributed by atoms with van der Waals surface area (Å²) in [5.41, 5.74) is 2.45. The van der Waals surface area contributed by atoms with E-state index in [1.165, 1.54) is 16.2 Å². The zero-order valence-corrected chi connectivity index (χ0v) is 13.8. The molecule has 0 unspecified atom stereocenters. The first-order chi connectivity index (χ1) is 11.2. The Labute approximate surface area is 137 Å². The van der Waals surface area contributed by atoms with Gasteiger partial charge in [-0.3, -0.25) is 4.79 Å². The van der Waals surface area contributed by atoms with Crippen molar-refractivity contribution in [3.05, 3.63) is 29.3 Å². The maximum Gasteiger partial charge on any atom is 0.133 e. The number of hydroxylamine groups is 2. The van der Waals surface area contributed by atoms with Gasteiger partial charge in [-0.2, -0.15) is 5.06 Å². The summed E-state index contributed by atoms with van der Waals surface area (Å²) in [6.45, 7) is 3.47. The highest BCUT2D eigenvalue weighted by Crippen LogP contribution is 2.55. The van der Waals surface area contributed by atoms with Crippen molar-refractivity contribution in [1.82, 2.24) is 5.06 Å². The fraction of sp³-hybridized carbons (Fsp3) is 0.632. The van der Waals surface area contributed by atoms with Crippen LogP contribution in [0.15, 0.2) is 18.2 Å². The Morgan fingerprint density at radius 3 is 3.13 bits per heavy atom. The molecule has 3 aliphatic rings. The maximum absolute atomic E-state index is 12.3. The van der Waals surface area contributed by atoms with Crippen molar-refractivity contribution >= 4 is 5.78 Å². The van der Waals surface area contributed by atoms with E-state index in [1.807, 2.05) is 6.07 Å². The molecule has 124 valence electrons. The quantitative estimate of drug-likeness (QED) is 0.931. The van der Waals surface area contributed by atoms with Crippen LogP contribution < -0.4 is 4.74 Å². The largest absolute Gasteiger partial charge is 0.493 e. The maximum atomic E-state index is 12.3. The molecule has 4 rings (SSSR count). The second-order valence-electron chi connectivity index (χ2n) is 7.33. The van der Waals surface area contributed by atoms with Crippen LogP contribution in [0.1, 0.15) is 50.2 Å². The highest BCUT2D eigenvalue weighted by atomic mass is 16.5. The molecular weight excluding hydrogens is 290 g/mol. The molecule has 4 heteroatoms. The molecule has 1 saturated carbocycles. The topological polar surface area (TPSA) is 49.8 Å². The average Bonchev–Trinajstić information content (AvgIpc) is 2.56. The fourth-order valence-electron chi connectivity index (χ4n) is 5.16. The first kappa shape index (κ1) is 15.2. The molecule has 2 fully saturated rings. The molecule has 1 saturated heterocycles. The number of nitrogens with zero attached hydrogens (tertiary/aromatic N) is 1. The molecule has 0 radical (unpaired) electrons. The van der Waals surface area contributed by atoms with E-state index in [2.05, 4.69) is 19.1 Å². The Bertz CT molecular complexity index is 629. The van der Waals surface area contributed by atoms with E-state index < -0.39 is 0 Å². The van der Waals surface area contributed by atoms with Gasteiger partial charge in [-0.1, -0.05) is 19.1 Å². The number of rotatable bonds is 3. The van der Waals surface area contributed by atoms with Crippen molar-refractivity contribution in [3.63, 3.8) is 0 Å². The third-order valence-corrected chi connectivity index (χ3v) is 6.14. The van der Waals surface area contributed by atoms with E-state index in [9.17, 15) is 10.0 Å². The van der Waals surface area contributed by atoms with Crippen molar-refractivity contribution in [2.24, 2.45) is 5.92 Å². The second-order valence-corrected chi connectivity index (χ2v) is 7.33. The van der Waals surface area contributed by atoms with Gasteiger partial charge in [-0.25, -0.2) is 0 Å².